The average Bonchev–Trinajstić information content (AvgIpc) is 3.23. The molecule has 6 heteroatoms. The lowest BCUT2D eigenvalue weighted by Crippen LogP contribution is -2.32. The van der Waals surface area contributed by atoms with Crippen molar-refractivity contribution in [2.24, 2.45) is 5.73 Å². The summed E-state index contributed by atoms with van der Waals surface area (Å²) in [5, 5.41) is 2.03. The van der Waals surface area contributed by atoms with Gasteiger partial charge < -0.3 is 15.4 Å². The van der Waals surface area contributed by atoms with Crippen molar-refractivity contribution in [2.75, 3.05) is 13.1 Å². The maximum atomic E-state index is 13.2. The number of rotatable bonds is 9. The van der Waals surface area contributed by atoms with Crippen LogP contribution in [-0.2, 0) is 13.2 Å². The third-order valence-electron chi connectivity index (χ3n) is 4.20. The minimum absolute atomic E-state index is 0. The predicted octanol–water partition coefficient (Wildman–Crippen LogP) is 4.74. The molecule has 0 fully saturated rings. The number of carbonyl (C=O) groups is 1. The van der Waals surface area contributed by atoms with Crippen LogP contribution in [0, 0.1) is 0 Å². The van der Waals surface area contributed by atoms with Crippen molar-refractivity contribution < 1.29 is 9.53 Å². The van der Waals surface area contributed by atoms with Gasteiger partial charge in [-0.25, -0.2) is 0 Å². The Morgan fingerprint density at radius 2 is 1.75 bits per heavy atom. The molecule has 0 saturated heterocycles. The molecule has 0 atom stereocenters. The third-order valence-corrected chi connectivity index (χ3v) is 5.06. The Balaban J connectivity index is 0.00000280. The molecule has 0 radical (unpaired) electrons. The fraction of sp³-hybridized carbons (Fsp3) is 0.227. The van der Waals surface area contributed by atoms with Crippen molar-refractivity contribution in [2.45, 2.75) is 19.6 Å². The molecule has 0 saturated carbocycles. The normalized spacial score (nSPS) is 10.2. The summed E-state index contributed by atoms with van der Waals surface area (Å²) in [6, 6.07) is 21.4. The van der Waals surface area contributed by atoms with Gasteiger partial charge in [0, 0.05) is 11.4 Å². The minimum atomic E-state index is -0.0273. The smallest absolute Gasteiger partial charge is 0.257 e. The molecular formula is C22H25ClN2O2S. The summed E-state index contributed by atoms with van der Waals surface area (Å²) >= 11 is 1.65. The molecule has 3 aromatic rings. The summed E-state index contributed by atoms with van der Waals surface area (Å²) in [6.45, 7) is 2.20. The number of amides is 1. The quantitative estimate of drug-likeness (QED) is 0.548. The summed E-state index contributed by atoms with van der Waals surface area (Å²) in [7, 11) is 0. The van der Waals surface area contributed by atoms with Crippen LogP contribution in [-0.4, -0.2) is 23.9 Å². The number of nitrogens with zero attached hydrogens (tertiary/aromatic N) is 1. The maximum absolute atomic E-state index is 13.2. The third kappa shape index (κ3) is 6.09. The summed E-state index contributed by atoms with van der Waals surface area (Å²) in [5.74, 6) is 0.579. The van der Waals surface area contributed by atoms with Gasteiger partial charge in [0.2, 0.25) is 0 Å². The molecule has 0 aliphatic carbocycles. The number of ether oxygens (including phenoxy) is 1. The first-order valence-corrected chi connectivity index (χ1v) is 9.93. The van der Waals surface area contributed by atoms with Gasteiger partial charge in [0.1, 0.15) is 12.4 Å². The van der Waals surface area contributed by atoms with Gasteiger partial charge in [-0.2, -0.15) is 0 Å². The topological polar surface area (TPSA) is 55.6 Å². The lowest BCUT2D eigenvalue weighted by molar-refractivity contribution is 0.0739. The fourth-order valence-electron chi connectivity index (χ4n) is 2.80. The van der Waals surface area contributed by atoms with E-state index in [1.165, 1.54) is 0 Å². The Morgan fingerprint density at radius 1 is 1.00 bits per heavy atom. The summed E-state index contributed by atoms with van der Waals surface area (Å²) < 4.78 is 5.96. The largest absolute Gasteiger partial charge is 0.488 e. The number of hydrogen-bond donors (Lipinski definition) is 1. The van der Waals surface area contributed by atoms with Crippen LogP contribution in [0.25, 0.3) is 0 Å². The first-order chi connectivity index (χ1) is 13.3. The second kappa shape index (κ2) is 11.5. The van der Waals surface area contributed by atoms with Gasteiger partial charge in [0.05, 0.1) is 12.1 Å². The van der Waals surface area contributed by atoms with Crippen LogP contribution in [0.2, 0.25) is 0 Å². The van der Waals surface area contributed by atoms with Crippen LogP contribution >= 0.6 is 23.7 Å². The standard InChI is InChI=1S/C22H24N2O2S.ClH/c23-13-7-14-24(16-19-10-6-15-27-19)22(25)20-11-4-5-12-21(20)26-17-18-8-2-1-3-9-18;/h1-6,8-12,15H,7,13-14,16-17,23H2;1H. The van der Waals surface area contributed by atoms with E-state index in [9.17, 15) is 4.79 Å². The predicted molar refractivity (Wildman–Crippen MR) is 117 cm³/mol. The van der Waals surface area contributed by atoms with Crippen LogP contribution in [0.5, 0.6) is 5.75 Å². The summed E-state index contributed by atoms with van der Waals surface area (Å²) in [4.78, 5) is 16.2. The number of benzene rings is 2. The van der Waals surface area contributed by atoms with E-state index in [0.29, 0.717) is 37.6 Å². The molecule has 2 N–H and O–H groups in total. The number of halogens is 1. The fourth-order valence-corrected chi connectivity index (χ4v) is 3.52. The lowest BCUT2D eigenvalue weighted by Gasteiger charge is -2.23. The summed E-state index contributed by atoms with van der Waals surface area (Å²) in [6.07, 6.45) is 0.768. The van der Waals surface area contributed by atoms with Gasteiger partial charge in [-0.05, 0) is 42.1 Å². The van der Waals surface area contributed by atoms with Crippen molar-refractivity contribution >= 4 is 29.7 Å². The highest BCUT2D eigenvalue weighted by atomic mass is 35.5. The van der Waals surface area contributed by atoms with E-state index in [0.717, 1.165) is 16.9 Å². The molecule has 0 spiro atoms. The Bertz CT molecular complexity index is 841. The molecule has 0 unspecified atom stereocenters. The van der Waals surface area contributed by atoms with E-state index in [4.69, 9.17) is 10.5 Å². The van der Waals surface area contributed by atoms with E-state index >= 15 is 0 Å². The molecule has 0 aliphatic heterocycles. The molecule has 4 nitrogen and oxygen atoms in total. The maximum Gasteiger partial charge on any atom is 0.257 e. The molecular weight excluding hydrogens is 392 g/mol. The van der Waals surface area contributed by atoms with Crippen LogP contribution in [0.3, 0.4) is 0 Å². The van der Waals surface area contributed by atoms with Crippen molar-refractivity contribution in [3.63, 3.8) is 0 Å². The first-order valence-electron chi connectivity index (χ1n) is 9.05. The van der Waals surface area contributed by atoms with Crippen molar-refractivity contribution in [3.8, 4) is 5.75 Å². The van der Waals surface area contributed by atoms with Gasteiger partial charge in [0.15, 0.2) is 0 Å². The number of carbonyl (C=O) groups excluding carboxylic acids is 1. The highest BCUT2D eigenvalue weighted by molar-refractivity contribution is 7.09. The van der Waals surface area contributed by atoms with E-state index in [1.54, 1.807) is 11.3 Å². The zero-order valence-electron chi connectivity index (χ0n) is 15.6. The van der Waals surface area contributed by atoms with Gasteiger partial charge in [-0.3, -0.25) is 4.79 Å². The molecule has 1 aromatic heterocycles. The van der Waals surface area contributed by atoms with Gasteiger partial charge in [-0.15, -0.1) is 23.7 Å². The number of nitrogens with two attached hydrogens (primary N) is 1. The van der Waals surface area contributed by atoms with Crippen molar-refractivity contribution in [1.29, 1.82) is 0 Å². The molecule has 0 aliphatic rings. The second-order valence-electron chi connectivity index (χ2n) is 6.22. The second-order valence-corrected chi connectivity index (χ2v) is 7.25. The van der Waals surface area contributed by atoms with Crippen LogP contribution in [0.1, 0.15) is 27.2 Å². The highest BCUT2D eigenvalue weighted by Gasteiger charge is 2.20. The van der Waals surface area contributed by atoms with Gasteiger partial charge >= 0.3 is 0 Å². The molecule has 3 rings (SSSR count). The number of hydrogen-bond acceptors (Lipinski definition) is 4. The van der Waals surface area contributed by atoms with Crippen molar-refractivity contribution in [3.05, 3.63) is 88.1 Å². The minimum Gasteiger partial charge on any atom is -0.488 e. The molecule has 148 valence electrons. The monoisotopic (exact) mass is 416 g/mol. The molecule has 2 aromatic carbocycles. The number of thiophene rings is 1. The number of para-hydroxylation sites is 1. The SMILES string of the molecule is Cl.NCCCN(Cc1cccs1)C(=O)c1ccccc1OCc1ccccc1. The van der Waals surface area contributed by atoms with Crippen LogP contribution in [0.15, 0.2) is 72.1 Å². The Labute approximate surface area is 176 Å². The van der Waals surface area contributed by atoms with Crippen LogP contribution < -0.4 is 10.5 Å². The Morgan fingerprint density at radius 3 is 2.46 bits per heavy atom. The zero-order valence-corrected chi connectivity index (χ0v) is 17.3. The van der Waals surface area contributed by atoms with E-state index in [1.807, 2.05) is 77.0 Å². The molecule has 0 bridgehead atoms. The molecule has 1 amide bonds. The van der Waals surface area contributed by atoms with E-state index < -0.39 is 0 Å². The summed E-state index contributed by atoms with van der Waals surface area (Å²) in [5.41, 5.74) is 7.32. The van der Waals surface area contributed by atoms with Gasteiger partial charge in [0.25, 0.3) is 5.91 Å². The average molecular weight is 417 g/mol. The van der Waals surface area contributed by atoms with E-state index in [2.05, 4.69) is 0 Å². The first kappa shape index (κ1) is 22.0. The Hall–Kier alpha value is -2.34. The van der Waals surface area contributed by atoms with Gasteiger partial charge in [-0.1, -0.05) is 48.5 Å². The molecule has 1 heterocycles. The zero-order chi connectivity index (χ0) is 18.9. The Kier molecular flexibility index (Phi) is 9.01. The van der Waals surface area contributed by atoms with Crippen molar-refractivity contribution in [1.82, 2.24) is 4.90 Å². The van der Waals surface area contributed by atoms with Crippen LogP contribution in [0.4, 0.5) is 0 Å². The highest BCUT2D eigenvalue weighted by Crippen LogP contribution is 2.23. The lowest BCUT2D eigenvalue weighted by atomic mass is 10.1. The molecule has 28 heavy (non-hydrogen) atoms. The van der Waals surface area contributed by atoms with E-state index in [-0.39, 0.29) is 18.3 Å².